The van der Waals surface area contributed by atoms with Crippen LogP contribution in [0, 0.1) is 0 Å². The minimum absolute atomic E-state index is 0.0590. The van der Waals surface area contributed by atoms with E-state index in [1.54, 1.807) is 6.08 Å². The van der Waals surface area contributed by atoms with Crippen molar-refractivity contribution < 1.29 is 32.9 Å². The van der Waals surface area contributed by atoms with Gasteiger partial charge >= 0.3 is 7.82 Å². The van der Waals surface area contributed by atoms with Gasteiger partial charge in [-0.1, -0.05) is 321 Å². The van der Waals surface area contributed by atoms with Crippen LogP contribution in [0.2, 0.25) is 0 Å². The summed E-state index contributed by atoms with van der Waals surface area (Å²) >= 11 is 0. The molecular weight excluding hydrogens is 936 g/mol. The summed E-state index contributed by atoms with van der Waals surface area (Å²) in [6.45, 7) is 4.85. The number of nitrogens with zero attached hydrogens (tertiary/aromatic N) is 1. The van der Waals surface area contributed by atoms with Crippen molar-refractivity contribution in [2.45, 2.75) is 347 Å². The van der Waals surface area contributed by atoms with Gasteiger partial charge in [0.15, 0.2) is 0 Å². The number of nitrogens with one attached hydrogen (secondary N) is 1. The van der Waals surface area contributed by atoms with E-state index < -0.39 is 20.0 Å². The third kappa shape index (κ3) is 58.7. The largest absolute Gasteiger partial charge is 0.472 e. The lowest BCUT2D eigenvalue weighted by Gasteiger charge is -2.25. The lowest BCUT2D eigenvalue weighted by atomic mass is 10.0. The number of phosphoric acid groups is 1. The molecule has 74 heavy (non-hydrogen) atoms. The fourth-order valence-corrected chi connectivity index (χ4v) is 10.8. The van der Waals surface area contributed by atoms with Gasteiger partial charge in [0, 0.05) is 6.42 Å². The Morgan fingerprint density at radius 1 is 0.446 bits per heavy atom. The van der Waals surface area contributed by atoms with Gasteiger partial charge < -0.3 is 19.8 Å². The molecular formula is C65H130N2O6P+. The van der Waals surface area contributed by atoms with Crippen molar-refractivity contribution in [3.8, 4) is 0 Å². The number of carbonyl (C=O) groups excluding carboxylic acids is 1. The molecule has 0 heterocycles. The molecule has 3 N–H and O–H groups in total. The molecule has 0 aliphatic rings. The van der Waals surface area contributed by atoms with Crippen LogP contribution in [0.3, 0.4) is 0 Å². The van der Waals surface area contributed by atoms with Crippen LogP contribution in [0.25, 0.3) is 0 Å². The number of likely N-dealkylation sites (N-methyl/N-ethyl adjacent to an activating group) is 1. The van der Waals surface area contributed by atoms with Gasteiger partial charge in [-0.25, -0.2) is 4.57 Å². The van der Waals surface area contributed by atoms with Gasteiger partial charge in [-0.3, -0.25) is 13.8 Å². The quantitative estimate of drug-likeness (QED) is 0.0243. The third-order valence-electron chi connectivity index (χ3n) is 15.2. The Balaban J connectivity index is 4.11. The molecule has 0 aliphatic carbocycles. The van der Waals surface area contributed by atoms with Crippen LogP contribution in [-0.4, -0.2) is 73.4 Å². The second-order valence-electron chi connectivity index (χ2n) is 23.8. The Morgan fingerprint density at radius 3 is 1.08 bits per heavy atom. The summed E-state index contributed by atoms with van der Waals surface area (Å²) in [4.78, 5) is 23.3. The predicted molar refractivity (Wildman–Crippen MR) is 323 cm³/mol. The molecule has 1 amide bonds. The number of carbonyl (C=O) groups is 1. The van der Waals surface area contributed by atoms with Gasteiger partial charge in [0.1, 0.15) is 13.2 Å². The highest BCUT2D eigenvalue weighted by Crippen LogP contribution is 2.43. The summed E-state index contributed by atoms with van der Waals surface area (Å²) in [6, 6.07) is -0.861. The number of quaternary nitrogens is 1. The highest BCUT2D eigenvalue weighted by molar-refractivity contribution is 7.47. The number of aliphatic hydroxyl groups excluding tert-OH is 1. The number of aliphatic hydroxyl groups is 1. The lowest BCUT2D eigenvalue weighted by molar-refractivity contribution is -0.870. The molecule has 0 radical (unpaired) electrons. The first-order chi connectivity index (χ1) is 36.0. The maximum Gasteiger partial charge on any atom is 0.472 e. The number of amides is 1. The first kappa shape index (κ1) is 73.0. The molecule has 3 unspecified atom stereocenters. The maximum atomic E-state index is 13.0. The zero-order valence-electron chi connectivity index (χ0n) is 50.4. The zero-order chi connectivity index (χ0) is 54.2. The van der Waals surface area contributed by atoms with E-state index in [4.69, 9.17) is 9.05 Å². The number of hydrogen-bond donors (Lipinski definition) is 3. The fraction of sp³-hybridized carbons (Fsp3) is 0.923. The van der Waals surface area contributed by atoms with Crippen LogP contribution in [-0.2, 0) is 18.4 Å². The summed E-state index contributed by atoms with van der Waals surface area (Å²) in [5.41, 5.74) is 0. The topological polar surface area (TPSA) is 105 Å². The number of hydrogen-bond acceptors (Lipinski definition) is 5. The molecule has 0 aromatic rings. The second-order valence-corrected chi connectivity index (χ2v) is 25.3. The smallest absolute Gasteiger partial charge is 0.387 e. The van der Waals surface area contributed by atoms with Crippen molar-refractivity contribution >= 4 is 13.7 Å². The molecule has 440 valence electrons. The molecule has 3 atom stereocenters. The van der Waals surface area contributed by atoms with Gasteiger partial charge in [0.2, 0.25) is 5.91 Å². The monoisotopic (exact) mass is 1070 g/mol. The molecule has 9 heteroatoms. The normalized spacial score (nSPS) is 13.9. The summed E-state index contributed by atoms with van der Waals surface area (Å²) in [5, 5.41) is 14.0. The average Bonchev–Trinajstić information content (AvgIpc) is 3.36. The minimum atomic E-state index is -4.36. The molecule has 0 saturated carbocycles. The van der Waals surface area contributed by atoms with E-state index in [-0.39, 0.29) is 19.1 Å². The van der Waals surface area contributed by atoms with Crippen molar-refractivity contribution in [2.75, 3.05) is 40.9 Å². The van der Waals surface area contributed by atoms with Gasteiger partial charge in [-0.05, 0) is 32.1 Å². The Hall–Kier alpha value is -1.02. The Bertz CT molecular complexity index is 1260. The van der Waals surface area contributed by atoms with Crippen LogP contribution in [0.1, 0.15) is 335 Å². The summed E-state index contributed by atoms with van der Waals surface area (Å²) in [5.74, 6) is -0.179. The van der Waals surface area contributed by atoms with E-state index in [0.717, 1.165) is 38.5 Å². The summed E-state index contributed by atoms with van der Waals surface area (Å²) in [7, 11) is 1.57. The molecule has 0 bridgehead atoms. The van der Waals surface area contributed by atoms with E-state index in [1.807, 2.05) is 27.2 Å². The van der Waals surface area contributed by atoms with Crippen LogP contribution in [0.4, 0.5) is 0 Å². The number of rotatable bonds is 61. The number of unbranched alkanes of at least 4 members (excludes halogenated alkanes) is 46. The van der Waals surface area contributed by atoms with E-state index in [1.165, 1.54) is 276 Å². The molecule has 0 fully saturated rings. The first-order valence-corrected chi connectivity index (χ1v) is 34.2. The maximum absolute atomic E-state index is 13.0. The predicted octanol–water partition coefficient (Wildman–Crippen LogP) is 20.3. The Labute approximate surface area is 462 Å². The summed E-state index contributed by atoms with van der Waals surface area (Å²) in [6.07, 6.45) is 73.2. The van der Waals surface area contributed by atoms with Crippen molar-refractivity contribution in [1.82, 2.24) is 5.32 Å². The van der Waals surface area contributed by atoms with E-state index >= 15 is 0 Å². The molecule has 0 spiro atoms. The SMILES string of the molecule is CCCCCCCCCCCCCCCCCCCCCCCCCCC/C=C/CC/C=C/C(O)C(COP(=O)(O)OCC[N+](C)(C)C)NC(=O)CCCCCCCCCCCCCCCCCCCCCCC. The molecule has 0 rings (SSSR count). The summed E-state index contributed by atoms with van der Waals surface area (Å²) < 4.78 is 23.8. The fourth-order valence-electron chi connectivity index (χ4n) is 10.1. The Morgan fingerprint density at radius 2 is 0.743 bits per heavy atom. The zero-order valence-corrected chi connectivity index (χ0v) is 51.3. The Kier molecular flexibility index (Phi) is 55.9. The van der Waals surface area contributed by atoms with Crippen molar-refractivity contribution in [3.63, 3.8) is 0 Å². The van der Waals surface area contributed by atoms with Crippen LogP contribution >= 0.6 is 7.82 Å². The standard InChI is InChI=1S/C65H129N2O6P/c1-6-8-10-12-14-16-18-20-22-24-26-28-29-30-31-32-33-34-35-36-37-39-40-42-44-46-48-50-52-54-56-58-64(68)63(62-73-74(70,71)72-61-60-67(3,4)5)66-65(69)59-57-55-53-51-49-47-45-43-41-38-27-25-23-21-19-17-15-13-11-9-7-2/h48,50,56,58,63-64,68H,6-47,49,51-55,57,59-62H2,1-5H3,(H-,66,69,70,71)/p+1/b50-48+,58-56+. The molecule has 0 aromatic heterocycles. The third-order valence-corrected chi connectivity index (χ3v) is 16.2. The van der Waals surface area contributed by atoms with Crippen LogP contribution < -0.4 is 5.32 Å². The van der Waals surface area contributed by atoms with E-state index in [0.29, 0.717) is 17.4 Å². The molecule has 0 aromatic carbocycles. The average molecular weight is 1070 g/mol. The molecule has 0 saturated heterocycles. The van der Waals surface area contributed by atoms with Crippen molar-refractivity contribution in [2.24, 2.45) is 0 Å². The van der Waals surface area contributed by atoms with Crippen LogP contribution in [0.5, 0.6) is 0 Å². The van der Waals surface area contributed by atoms with Crippen molar-refractivity contribution in [1.29, 1.82) is 0 Å². The van der Waals surface area contributed by atoms with Crippen molar-refractivity contribution in [3.05, 3.63) is 24.3 Å². The van der Waals surface area contributed by atoms with E-state index in [9.17, 15) is 19.4 Å². The molecule has 8 nitrogen and oxygen atoms in total. The van der Waals surface area contributed by atoms with E-state index in [2.05, 4.69) is 31.3 Å². The minimum Gasteiger partial charge on any atom is -0.387 e. The second kappa shape index (κ2) is 56.7. The van der Waals surface area contributed by atoms with Gasteiger partial charge in [-0.15, -0.1) is 0 Å². The molecule has 0 aliphatic heterocycles. The number of allylic oxidation sites excluding steroid dienone is 3. The first-order valence-electron chi connectivity index (χ1n) is 32.7. The highest BCUT2D eigenvalue weighted by atomic mass is 31.2. The van der Waals surface area contributed by atoms with Gasteiger partial charge in [0.25, 0.3) is 0 Å². The van der Waals surface area contributed by atoms with Gasteiger partial charge in [0.05, 0.1) is 39.9 Å². The lowest BCUT2D eigenvalue weighted by Crippen LogP contribution is -2.45. The van der Waals surface area contributed by atoms with Crippen LogP contribution in [0.15, 0.2) is 24.3 Å². The number of phosphoric ester groups is 1. The highest BCUT2D eigenvalue weighted by Gasteiger charge is 2.28. The van der Waals surface area contributed by atoms with Gasteiger partial charge in [-0.2, -0.15) is 0 Å².